The van der Waals surface area contributed by atoms with Crippen LogP contribution in [0.4, 0.5) is 4.79 Å². The van der Waals surface area contributed by atoms with Crippen molar-refractivity contribution in [2.75, 3.05) is 6.54 Å². The predicted molar refractivity (Wildman–Crippen MR) is 135 cm³/mol. The van der Waals surface area contributed by atoms with Gasteiger partial charge in [0.2, 0.25) is 5.91 Å². The molecule has 1 aliphatic heterocycles. The van der Waals surface area contributed by atoms with E-state index in [1.165, 1.54) is 0 Å². The van der Waals surface area contributed by atoms with E-state index in [1.807, 2.05) is 112 Å². The second-order valence-corrected chi connectivity index (χ2v) is 9.89. The number of imide groups is 1. The fraction of sp³-hybridized carbons (Fsp3) is 0.276. The molecule has 1 N–H and O–H groups in total. The number of benzene rings is 3. The molecular weight excluding hydrogens is 438 g/mol. The number of rotatable bonds is 7. The summed E-state index contributed by atoms with van der Waals surface area (Å²) >= 11 is 0. The molecule has 0 spiro atoms. The molecule has 1 saturated heterocycles. The van der Waals surface area contributed by atoms with Crippen LogP contribution in [0.3, 0.4) is 0 Å². The Morgan fingerprint density at radius 2 is 1.34 bits per heavy atom. The molecule has 6 nitrogen and oxygen atoms in total. The van der Waals surface area contributed by atoms with Gasteiger partial charge >= 0.3 is 6.03 Å². The largest absolute Gasteiger partial charge is 0.332 e. The first-order chi connectivity index (χ1) is 16.7. The lowest BCUT2D eigenvalue weighted by atomic mass is 9.83. The molecule has 0 bridgehead atoms. The summed E-state index contributed by atoms with van der Waals surface area (Å²) in [5, 5.41) is 2.93. The molecule has 1 atom stereocenters. The molecule has 3 aromatic rings. The molecule has 1 aliphatic rings. The number of nitrogens with one attached hydrogen (secondary N) is 1. The maximum Gasteiger partial charge on any atom is 0.325 e. The van der Waals surface area contributed by atoms with E-state index in [0.29, 0.717) is 18.5 Å². The molecule has 1 heterocycles. The van der Waals surface area contributed by atoms with Gasteiger partial charge in [0.05, 0.1) is 0 Å². The lowest BCUT2D eigenvalue weighted by Crippen LogP contribution is -2.51. The SMILES string of the molecule is CC(C)(C)N(Cc1ccccc1)C(=O)CN1C(=O)NC(Cc2ccccc2)(c2ccccc2)C1=O. The van der Waals surface area contributed by atoms with Crippen molar-refractivity contribution >= 4 is 17.8 Å². The van der Waals surface area contributed by atoms with Crippen LogP contribution in [0.2, 0.25) is 0 Å². The Labute approximate surface area is 206 Å². The lowest BCUT2D eigenvalue weighted by Gasteiger charge is -2.36. The zero-order valence-corrected chi connectivity index (χ0v) is 20.4. The molecule has 180 valence electrons. The molecule has 3 aromatic carbocycles. The number of nitrogens with zero attached hydrogens (tertiary/aromatic N) is 2. The van der Waals surface area contributed by atoms with Gasteiger partial charge in [-0.3, -0.25) is 14.5 Å². The molecule has 0 aromatic heterocycles. The van der Waals surface area contributed by atoms with Gasteiger partial charge in [0.1, 0.15) is 6.54 Å². The molecule has 1 fully saturated rings. The van der Waals surface area contributed by atoms with Crippen molar-refractivity contribution in [2.45, 2.75) is 44.8 Å². The highest BCUT2D eigenvalue weighted by Gasteiger charge is 2.53. The molecule has 1 unspecified atom stereocenters. The standard InChI is InChI=1S/C29H31N3O3/c1-28(2,3)32(20-23-15-9-5-10-16-23)25(33)21-31-26(34)29(30-27(31)35,24-17-11-6-12-18-24)19-22-13-7-4-8-14-22/h4-18H,19-21H2,1-3H3,(H,30,35). The van der Waals surface area contributed by atoms with E-state index in [4.69, 9.17) is 0 Å². The maximum absolute atomic E-state index is 13.9. The first kappa shape index (κ1) is 24.2. The van der Waals surface area contributed by atoms with Crippen molar-refractivity contribution in [1.29, 1.82) is 0 Å². The van der Waals surface area contributed by atoms with Crippen LogP contribution in [0.1, 0.15) is 37.5 Å². The van der Waals surface area contributed by atoms with E-state index in [9.17, 15) is 14.4 Å². The van der Waals surface area contributed by atoms with Crippen LogP contribution in [-0.2, 0) is 28.1 Å². The van der Waals surface area contributed by atoms with Crippen LogP contribution >= 0.6 is 0 Å². The zero-order valence-electron chi connectivity index (χ0n) is 20.4. The highest BCUT2D eigenvalue weighted by Crippen LogP contribution is 2.33. The number of carbonyl (C=O) groups excluding carboxylic acids is 3. The van der Waals surface area contributed by atoms with Crippen LogP contribution in [-0.4, -0.2) is 39.7 Å². The molecule has 4 amide bonds. The van der Waals surface area contributed by atoms with Crippen LogP contribution in [0.15, 0.2) is 91.0 Å². The van der Waals surface area contributed by atoms with E-state index < -0.39 is 23.0 Å². The van der Waals surface area contributed by atoms with Gasteiger partial charge in [-0.2, -0.15) is 0 Å². The molecule has 6 heteroatoms. The van der Waals surface area contributed by atoms with Crippen LogP contribution in [0, 0.1) is 0 Å². The Morgan fingerprint density at radius 3 is 1.89 bits per heavy atom. The van der Waals surface area contributed by atoms with E-state index >= 15 is 0 Å². The minimum atomic E-state index is -1.27. The number of carbonyl (C=O) groups is 3. The first-order valence-corrected chi connectivity index (χ1v) is 11.8. The summed E-state index contributed by atoms with van der Waals surface area (Å²) < 4.78 is 0. The van der Waals surface area contributed by atoms with E-state index in [1.54, 1.807) is 4.90 Å². The molecule has 0 radical (unpaired) electrons. The summed E-state index contributed by atoms with van der Waals surface area (Å²) in [4.78, 5) is 43.3. The third-order valence-electron chi connectivity index (χ3n) is 6.34. The topological polar surface area (TPSA) is 69.7 Å². The van der Waals surface area contributed by atoms with Crippen LogP contribution in [0.5, 0.6) is 0 Å². The molecule has 4 rings (SSSR count). The minimum Gasteiger partial charge on any atom is -0.332 e. The second kappa shape index (κ2) is 9.74. The molecule has 0 aliphatic carbocycles. The van der Waals surface area contributed by atoms with Crippen molar-refractivity contribution in [3.05, 3.63) is 108 Å². The van der Waals surface area contributed by atoms with Gasteiger partial charge in [-0.25, -0.2) is 4.79 Å². The van der Waals surface area contributed by atoms with Crippen LogP contribution in [0.25, 0.3) is 0 Å². The van der Waals surface area contributed by atoms with E-state index in [2.05, 4.69) is 5.32 Å². The third-order valence-corrected chi connectivity index (χ3v) is 6.34. The van der Waals surface area contributed by atoms with Crippen molar-refractivity contribution in [3.63, 3.8) is 0 Å². The van der Waals surface area contributed by atoms with Gasteiger partial charge in [-0.15, -0.1) is 0 Å². The quantitative estimate of drug-likeness (QED) is 0.518. The van der Waals surface area contributed by atoms with E-state index in [-0.39, 0.29) is 12.5 Å². The monoisotopic (exact) mass is 469 g/mol. The number of hydrogen-bond acceptors (Lipinski definition) is 3. The third kappa shape index (κ3) is 5.11. The summed E-state index contributed by atoms with van der Waals surface area (Å²) in [5.41, 5.74) is 0.821. The average Bonchev–Trinajstić information content (AvgIpc) is 3.08. The summed E-state index contributed by atoms with van der Waals surface area (Å²) in [5.74, 6) is -0.701. The number of hydrogen-bond donors (Lipinski definition) is 1. The lowest BCUT2D eigenvalue weighted by molar-refractivity contribution is -0.142. The van der Waals surface area contributed by atoms with Gasteiger partial charge in [0.25, 0.3) is 5.91 Å². The molecular formula is C29H31N3O3. The summed E-state index contributed by atoms with van der Waals surface area (Å²) in [6.07, 6.45) is 0.292. The molecule has 0 saturated carbocycles. The fourth-order valence-corrected chi connectivity index (χ4v) is 4.50. The summed E-state index contributed by atoms with van der Waals surface area (Å²) in [6.45, 7) is 5.91. The Hall–Kier alpha value is -3.93. The highest BCUT2D eigenvalue weighted by atomic mass is 16.2. The highest BCUT2D eigenvalue weighted by molar-refractivity contribution is 6.09. The average molecular weight is 470 g/mol. The number of amides is 4. The van der Waals surface area contributed by atoms with Gasteiger partial charge in [0.15, 0.2) is 5.54 Å². The summed E-state index contributed by atoms with van der Waals surface area (Å²) in [6, 6.07) is 27.9. The minimum absolute atomic E-state index is 0.284. The van der Waals surface area contributed by atoms with E-state index in [0.717, 1.165) is 16.0 Å². The molecule has 35 heavy (non-hydrogen) atoms. The van der Waals surface area contributed by atoms with Crippen molar-refractivity contribution in [3.8, 4) is 0 Å². The van der Waals surface area contributed by atoms with Gasteiger partial charge in [-0.1, -0.05) is 91.0 Å². The Morgan fingerprint density at radius 1 is 0.829 bits per heavy atom. The fourth-order valence-electron chi connectivity index (χ4n) is 4.50. The van der Waals surface area contributed by atoms with Gasteiger partial charge in [0, 0.05) is 18.5 Å². The van der Waals surface area contributed by atoms with Gasteiger partial charge in [-0.05, 0) is 37.5 Å². The first-order valence-electron chi connectivity index (χ1n) is 11.8. The Kier molecular flexibility index (Phi) is 6.74. The summed E-state index contributed by atoms with van der Waals surface area (Å²) in [7, 11) is 0. The maximum atomic E-state index is 13.9. The van der Waals surface area contributed by atoms with Gasteiger partial charge < -0.3 is 10.2 Å². The van der Waals surface area contributed by atoms with Crippen molar-refractivity contribution < 1.29 is 14.4 Å². The van der Waals surface area contributed by atoms with Crippen molar-refractivity contribution in [2.24, 2.45) is 0 Å². The predicted octanol–water partition coefficient (Wildman–Crippen LogP) is 4.50. The van der Waals surface area contributed by atoms with Crippen LogP contribution < -0.4 is 5.32 Å². The smallest absolute Gasteiger partial charge is 0.325 e. The Balaban J connectivity index is 1.63. The zero-order chi connectivity index (χ0) is 25.1. The Bertz CT molecular complexity index is 1190. The van der Waals surface area contributed by atoms with Crippen molar-refractivity contribution in [1.82, 2.24) is 15.1 Å². The number of urea groups is 1. The second-order valence-electron chi connectivity index (χ2n) is 9.89. The normalized spacial score (nSPS) is 17.9.